The minimum Gasteiger partial charge on any atom is -0.494 e. The van der Waals surface area contributed by atoms with Crippen LogP contribution in [0.4, 0.5) is 5.13 Å². The van der Waals surface area contributed by atoms with E-state index in [1.807, 2.05) is 48.5 Å². The van der Waals surface area contributed by atoms with Crippen LogP contribution in [0.1, 0.15) is 20.3 Å². The van der Waals surface area contributed by atoms with Crippen molar-refractivity contribution >= 4 is 45.0 Å². The van der Waals surface area contributed by atoms with Crippen molar-refractivity contribution in [3.63, 3.8) is 0 Å². The number of hydrogen-bond donors (Lipinski definition) is 0. The van der Waals surface area contributed by atoms with Crippen LogP contribution in [-0.2, 0) is 4.79 Å². The lowest BCUT2D eigenvalue weighted by atomic mass is 10.3. The lowest BCUT2D eigenvalue weighted by molar-refractivity contribution is -0.119. The van der Waals surface area contributed by atoms with Crippen LogP contribution >= 0.6 is 23.7 Å². The minimum absolute atomic E-state index is 0. The van der Waals surface area contributed by atoms with Gasteiger partial charge in [0, 0.05) is 13.1 Å². The average molecular weight is 464 g/mol. The number of carbonyl (C=O) groups is 1. The summed E-state index contributed by atoms with van der Waals surface area (Å²) in [6.45, 7) is 7.88. The molecule has 0 saturated heterocycles. The van der Waals surface area contributed by atoms with Crippen molar-refractivity contribution < 1.29 is 14.3 Å². The number of likely N-dealkylation sites (N-methyl/N-ethyl adjacent to an activating group) is 1. The van der Waals surface area contributed by atoms with Crippen LogP contribution in [0, 0.1) is 0 Å². The van der Waals surface area contributed by atoms with Gasteiger partial charge in [-0.15, -0.1) is 12.4 Å². The standard InChI is InChI=1S/C23H29N3O3S.ClH/c1-4-25(5-2)15-16-26(21(27)14-17-29-18-10-7-6-8-11-18)23-24-22-19(28-3)12-9-13-20(22)30-23;/h6-13H,4-5,14-17H2,1-3H3;1H. The molecule has 0 aliphatic heterocycles. The van der Waals surface area contributed by atoms with Gasteiger partial charge < -0.3 is 14.4 Å². The first kappa shape index (κ1) is 24.9. The second kappa shape index (κ2) is 12.5. The van der Waals surface area contributed by atoms with Gasteiger partial charge in [0.25, 0.3) is 0 Å². The molecular formula is C23H30ClN3O3S. The molecule has 1 amide bonds. The zero-order valence-corrected chi connectivity index (χ0v) is 19.9. The number of amides is 1. The Labute approximate surface area is 194 Å². The molecule has 0 spiro atoms. The molecule has 0 fully saturated rings. The first-order valence-corrected chi connectivity index (χ1v) is 11.1. The second-order valence-corrected chi connectivity index (χ2v) is 7.80. The van der Waals surface area contributed by atoms with Gasteiger partial charge in [-0.1, -0.05) is 49.4 Å². The van der Waals surface area contributed by atoms with E-state index >= 15 is 0 Å². The Hall–Kier alpha value is -2.35. The van der Waals surface area contributed by atoms with Crippen LogP contribution in [0.2, 0.25) is 0 Å². The maximum atomic E-state index is 13.1. The third kappa shape index (κ3) is 6.56. The van der Waals surface area contributed by atoms with Crippen LogP contribution < -0.4 is 14.4 Å². The molecule has 1 aromatic heterocycles. The third-order valence-corrected chi connectivity index (χ3v) is 6.03. The molecule has 0 aliphatic rings. The van der Waals surface area contributed by atoms with Crippen molar-refractivity contribution in [3.05, 3.63) is 48.5 Å². The van der Waals surface area contributed by atoms with Crippen molar-refractivity contribution in [1.82, 2.24) is 9.88 Å². The molecule has 168 valence electrons. The van der Waals surface area contributed by atoms with E-state index in [9.17, 15) is 4.79 Å². The van der Waals surface area contributed by atoms with Crippen LogP contribution in [-0.4, -0.2) is 55.7 Å². The Bertz CT molecular complexity index is 948. The Morgan fingerprint density at radius 3 is 2.45 bits per heavy atom. The first-order valence-electron chi connectivity index (χ1n) is 10.3. The highest BCUT2D eigenvalue weighted by atomic mass is 35.5. The number of aromatic nitrogens is 1. The molecule has 3 rings (SSSR count). The normalized spacial score (nSPS) is 10.7. The monoisotopic (exact) mass is 463 g/mol. The van der Waals surface area contributed by atoms with Crippen molar-refractivity contribution in [2.75, 3.05) is 44.8 Å². The number of ether oxygens (including phenoxy) is 2. The Balaban J connectivity index is 0.00000341. The predicted molar refractivity (Wildman–Crippen MR) is 130 cm³/mol. The van der Waals surface area contributed by atoms with E-state index in [4.69, 9.17) is 14.5 Å². The van der Waals surface area contributed by atoms with Gasteiger partial charge in [0.15, 0.2) is 5.13 Å². The predicted octanol–water partition coefficient (Wildman–Crippen LogP) is 4.87. The van der Waals surface area contributed by atoms with Gasteiger partial charge in [-0.25, -0.2) is 4.98 Å². The lowest BCUT2D eigenvalue weighted by Gasteiger charge is -2.24. The number of nitrogens with zero attached hydrogens (tertiary/aromatic N) is 3. The number of halogens is 1. The van der Waals surface area contributed by atoms with Crippen LogP contribution in [0.5, 0.6) is 11.5 Å². The maximum absolute atomic E-state index is 13.1. The number of hydrogen-bond acceptors (Lipinski definition) is 6. The van der Waals surface area contributed by atoms with Gasteiger partial charge in [-0.2, -0.15) is 0 Å². The molecule has 1 heterocycles. The largest absolute Gasteiger partial charge is 0.494 e. The molecule has 0 N–H and O–H groups in total. The molecule has 0 unspecified atom stereocenters. The quantitative estimate of drug-likeness (QED) is 0.406. The number of benzene rings is 2. The highest BCUT2D eigenvalue weighted by Crippen LogP contribution is 2.34. The average Bonchev–Trinajstić information content (AvgIpc) is 3.21. The molecule has 3 aromatic rings. The highest BCUT2D eigenvalue weighted by Gasteiger charge is 2.21. The molecule has 2 aromatic carbocycles. The highest BCUT2D eigenvalue weighted by molar-refractivity contribution is 7.22. The van der Waals surface area contributed by atoms with Gasteiger partial charge in [0.2, 0.25) is 5.91 Å². The van der Waals surface area contributed by atoms with E-state index in [0.717, 1.165) is 41.3 Å². The summed E-state index contributed by atoms with van der Waals surface area (Å²) in [5, 5.41) is 0.700. The SMILES string of the molecule is CCN(CC)CCN(C(=O)CCOc1ccccc1)c1nc2c(OC)cccc2s1.Cl. The molecule has 0 aliphatic carbocycles. The Morgan fingerprint density at radius 1 is 1.03 bits per heavy atom. The summed E-state index contributed by atoms with van der Waals surface area (Å²) in [6.07, 6.45) is 0.292. The van der Waals surface area contributed by atoms with Crippen LogP contribution in [0.15, 0.2) is 48.5 Å². The summed E-state index contributed by atoms with van der Waals surface area (Å²) >= 11 is 1.51. The van der Waals surface area contributed by atoms with Crippen molar-refractivity contribution in [2.45, 2.75) is 20.3 Å². The van der Waals surface area contributed by atoms with E-state index in [1.54, 1.807) is 12.0 Å². The first-order chi connectivity index (χ1) is 14.7. The number of thiazole rings is 1. The molecular weight excluding hydrogens is 434 g/mol. The third-order valence-electron chi connectivity index (χ3n) is 4.98. The molecule has 31 heavy (non-hydrogen) atoms. The van der Waals surface area contributed by atoms with E-state index < -0.39 is 0 Å². The van der Waals surface area contributed by atoms with Crippen molar-refractivity contribution in [2.24, 2.45) is 0 Å². The molecule has 6 nitrogen and oxygen atoms in total. The summed E-state index contributed by atoms with van der Waals surface area (Å²) in [5.41, 5.74) is 0.793. The number of fused-ring (bicyclic) bond motifs is 1. The zero-order valence-electron chi connectivity index (χ0n) is 18.2. The van der Waals surface area contributed by atoms with Gasteiger partial charge in [-0.05, 0) is 37.4 Å². The molecule has 0 atom stereocenters. The summed E-state index contributed by atoms with van der Waals surface area (Å²) in [5.74, 6) is 1.50. The number of anilines is 1. The van der Waals surface area contributed by atoms with Crippen molar-refractivity contribution in [1.29, 1.82) is 0 Å². The molecule has 8 heteroatoms. The number of carbonyl (C=O) groups excluding carboxylic acids is 1. The van der Waals surface area contributed by atoms with Gasteiger partial charge >= 0.3 is 0 Å². The van der Waals surface area contributed by atoms with E-state index in [-0.39, 0.29) is 18.3 Å². The van der Waals surface area contributed by atoms with Crippen LogP contribution in [0.25, 0.3) is 10.2 Å². The van der Waals surface area contributed by atoms with Crippen molar-refractivity contribution in [3.8, 4) is 11.5 Å². The second-order valence-electron chi connectivity index (χ2n) is 6.79. The summed E-state index contributed by atoms with van der Waals surface area (Å²) in [4.78, 5) is 21.9. The molecule has 0 radical (unpaired) electrons. The van der Waals surface area contributed by atoms with Crippen LogP contribution in [0.3, 0.4) is 0 Å². The smallest absolute Gasteiger partial charge is 0.232 e. The van der Waals surface area contributed by atoms with Gasteiger partial charge in [-0.3, -0.25) is 9.69 Å². The summed E-state index contributed by atoms with van der Waals surface area (Å²) in [6, 6.07) is 15.4. The maximum Gasteiger partial charge on any atom is 0.232 e. The lowest BCUT2D eigenvalue weighted by Crippen LogP contribution is -2.39. The molecule has 0 bridgehead atoms. The number of rotatable bonds is 11. The summed E-state index contributed by atoms with van der Waals surface area (Å²) < 4.78 is 12.2. The van der Waals surface area contributed by atoms with Gasteiger partial charge in [0.1, 0.15) is 17.0 Å². The fourth-order valence-corrected chi connectivity index (χ4v) is 4.23. The topological polar surface area (TPSA) is 54.9 Å². The van der Waals surface area contributed by atoms with Gasteiger partial charge in [0.05, 0.1) is 24.8 Å². The summed E-state index contributed by atoms with van der Waals surface area (Å²) in [7, 11) is 1.64. The van der Waals surface area contributed by atoms with E-state index in [0.29, 0.717) is 24.7 Å². The fraction of sp³-hybridized carbons (Fsp3) is 0.391. The molecule has 0 saturated carbocycles. The van der Waals surface area contributed by atoms with E-state index in [1.165, 1.54) is 11.3 Å². The Kier molecular flexibility index (Phi) is 10.0. The zero-order chi connectivity index (χ0) is 21.3. The fourth-order valence-electron chi connectivity index (χ4n) is 3.21. The van der Waals surface area contributed by atoms with E-state index in [2.05, 4.69) is 18.7 Å². The Morgan fingerprint density at radius 2 is 1.77 bits per heavy atom. The number of para-hydroxylation sites is 2. The minimum atomic E-state index is 0. The number of methoxy groups -OCH3 is 1.